The van der Waals surface area contributed by atoms with Gasteiger partial charge in [0.05, 0.1) is 25.0 Å². The van der Waals surface area contributed by atoms with Crippen molar-refractivity contribution in [3.63, 3.8) is 0 Å². The van der Waals surface area contributed by atoms with Crippen molar-refractivity contribution < 1.29 is 33.7 Å². The molecule has 2 aromatic carbocycles. The van der Waals surface area contributed by atoms with E-state index in [0.717, 1.165) is 0 Å². The summed E-state index contributed by atoms with van der Waals surface area (Å²) in [5.74, 6) is -3.03. The largest absolute Gasteiger partial charge is 0.504 e. The summed E-state index contributed by atoms with van der Waals surface area (Å²) < 4.78 is 16.4. The summed E-state index contributed by atoms with van der Waals surface area (Å²) in [6, 6.07) is 13.2. The number of carbonyl (C=O) groups is 1. The minimum atomic E-state index is -0.973. The first-order valence-electron chi connectivity index (χ1n) is 9.75. The topological polar surface area (TPSA) is 130 Å². The van der Waals surface area contributed by atoms with E-state index < -0.39 is 34.6 Å². The lowest BCUT2D eigenvalue weighted by Crippen LogP contribution is -2.12. The van der Waals surface area contributed by atoms with Crippen LogP contribution in [0.1, 0.15) is 29.4 Å². The van der Waals surface area contributed by atoms with Gasteiger partial charge in [-0.05, 0) is 19.1 Å². The van der Waals surface area contributed by atoms with Crippen LogP contribution in [0.3, 0.4) is 0 Å². The number of phenols is 3. The highest BCUT2D eigenvalue weighted by atomic mass is 16.5. The van der Waals surface area contributed by atoms with Gasteiger partial charge in [0, 0.05) is 11.6 Å². The predicted molar refractivity (Wildman–Crippen MR) is 115 cm³/mol. The van der Waals surface area contributed by atoms with Crippen molar-refractivity contribution in [1.82, 2.24) is 0 Å². The van der Waals surface area contributed by atoms with Crippen LogP contribution in [-0.4, -0.2) is 28.4 Å². The number of fused-ring (bicyclic) bond motifs is 1. The Morgan fingerprint density at radius 2 is 1.72 bits per heavy atom. The number of carbonyl (C=O) groups excluding carboxylic acids is 1. The minimum absolute atomic E-state index is 0.0788. The van der Waals surface area contributed by atoms with Crippen LogP contribution in [0.25, 0.3) is 22.3 Å². The highest BCUT2D eigenvalue weighted by Gasteiger charge is 2.32. The Balaban J connectivity index is 2.08. The highest BCUT2D eigenvalue weighted by molar-refractivity contribution is 5.93. The molecule has 0 spiro atoms. The van der Waals surface area contributed by atoms with Crippen LogP contribution in [0.5, 0.6) is 17.2 Å². The molecule has 164 valence electrons. The number of methoxy groups -OCH3 is 1. The fraction of sp³-hybridized carbons (Fsp3) is 0.167. The van der Waals surface area contributed by atoms with Gasteiger partial charge in [-0.15, -0.1) is 0 Å². The Morgan fingerprint density at radius 3 is 2.34 bits per heavy atom. The molecule has 1 atom stereocenters. The fourth-order valence-corrected chi connectivity index (χ4v) is 3.68. The van der Waals surface area contributed by atoms with E-state index in [1.807, 2.05) is 0 Å². The molecule has 8 nitrogen and oxygen atoms in total. The van der Waals surface area contributed by atoms with Crippen LogP contribution >= 0.6 is 0 Å². The van der Waals surface area contributed by atoms with Gasteiger partial charge in [-0.25, -0.2) is 0 Å². The molecule has 4 aromatic rings. The molecule has 0 aliphatic rings. The van der Waals surface area contributed by atoms with Crippen LogP contribution in [0.2, 0.25) is 0 Å². The minimum Gasteiger partial charge on any atom is -0.504 e. The second-order valence-electron chi connectivity index (χ2n) is 7.29. The molecule has 0 bridgehead atoms. The van der Waals surface area contributed by atoms with Gasteiger partial charge in [-0.3, -0.25) is 9.59 Å². The molecule has 0 unspecified atom stereocenters. The third-order valence-corrected chi connectivity index (χ3v) is 5.24. The number of rotatable bonds is 5. The van der Waals surface area contributed by atoms with Crippen molar-refractivity contribution in [3.8, 4) is 28.6 Å². The zero-order valence-electron chi connectivity index (χ0n) is 17.3. The Labute approximate surface area is 181 Å². The first kappa shape index (κ1) is 21.0. The number of ether oxygens (including phenoxy) is 1. The Bertz CT molecular complexity index is 1360. The summed E-state index contributed by atoms with van der Waals surface area (Å²) >= 11 is 0. The predicted octanol–water partition coefficient (Wildman–Crippen LogP) is 4.17. The molecule has 0 saturated carbocycles. The quantitative estimate of drug-likeness (QED) is 0.314. The molecule has 2 heterocycles. The van der Waals surface area contributed by atoms with E-state index in [2.05, 4.69) is 0 Å². The van der Waals surface area contributed by atoms with E-state index in [4.69, 9.17) is 13.6 Å². The summed E-state index contributed by atoms with van der Waals surface area (Å²) in [6.45, 7) is 1.71. The van der Waals surface area contributed by atoms with Gasteiger partial charge in [0.25, 0.3) is 0 Å². The molecule has 0 radical (unpaired) electrons. The molecule has 0 fully saturated rings. The number of aromatic hydroxyl groups is 3. The monoisotopic (exact) mass is 436 g/mol. The van der Waals surface area contributed by atoms with E-state index in [9.17, 15) is 24.9 Å². The number of benzene rings is 2. The SMILES string of the molecule is COC(=O)C[C@@H](c1ccc(C)o1)c1c(O)c(O)c(O)c2c(=O)cc(-c3ccccc3)oc12. The van der Waals surface area contributed by atoms with Crippen LogP contribution in [0.4, 0.5) is 0 Å². The molecular formula is C24H20O8. The molecule has 0 aliphatic heterocycles. The second-order valence-corrected chi connectivity index (χ2v) is 7.29. The van der Waals surface area contributed by atoms with Gasteiger partial charge >= 0.3 is 5.97 Å². The second kappa shape index (κ2) is 8.14. The molecule has 4 rings (SSSR count). The average molecular weight is 436 g/mol. The lowest BCUT2D eigenvalue weighted by Gasteiger charge is -2.19. The van der Waals surface area contributed by atoms with Gasteiger partial charge in [-0.1, -0.05) is 30.3 Å². The van der Waals surface area contributed by atoms with E-state index in [1.165, 1.54) is 13.2 Å². The molecular weight excluding hydrogens is 416 g/mol. The maximum Gasteiger partial charge on any atom is 0.306 e. The lowest BCUT2D eigenvalue weighted by atomic mass is 9.90. The number of furan rings is 1. The highest BCUT2D eigenvalue weighted by Crippen LogP contribution is 2.49. The number of aryl methyl sites for hydroxylation is 1. The van der Waals surface area contributed by atoms with Crippen molar-refractivity contribution >= 4 is 16.9 Å². The van der Waals surface area contributed by atoms with Gasteiger partial charge in [0.15, 0.2) is 16.9 Å². The number of phenolic OH excluding ortho intramolecular Hbond substituents is 3. The molecule has 3 N–H and O–H groups in total. The zero-order valence-corrected chi connectivity index (χ0v) is 17.3. The van der Waals surface area contributed by atoms with Crippen LogP contribution in [-0.2, 0) is 9.53 Å². The van der Waals surface area contributed by atoms with Crippen molar-refractivity contribution in [3.05, 3.63) is 75.8 Å². The molecule has 2 aromatic heterocycles. The summed E-state index contributed by atoms with van der Waals surface area (Å²) in [7, 11) is 1.21. The molecule has 0 saturated heterocycles. The van der Waals surface area contributed by atoms with Crippen LogP contribution < -0.4 is 5.43 Å². The molecule has 8 heteroatoms. The average Bonchev–Trinajstić information content (AvgIpc) is 3.23. The van der Waals surface area contributed by atoms with E-state index >= 15 is 0 Å². The van der Waals surface area contributed by atoms with E-state index in [1.54, 1.807) is 49.4 Å². The smallest absolute Gasteiger partial charge is 0.306 e. The normalized spacial score (nSPS) is 12.1. The van der Waals surface area contributed by atoms with Gasteiger partial charge < -0.3 is 28.9 Å². The maximum absolute atomic E-state index is 12.9. The number of esters is 1. The fourth-order valence-electron chi connectivity index (χ4n) is 3.68. The van der Waals surface area contributed by atoms with Crippen molar-refractivity contribution in [2.75, 3.05) is 7.11 Å². The first-order valence-corrected chi connectivity index (χ1v) is 9.75. The third kappa shape index (κ3) is 3.56. The van der Waals surface area contributed by atoms with Gasteiger partial charge in [0.1, 0.15) is 28.2 Å². The third-order valence-electron chi connectivity index (χ3n) is 5.24. The summed E-state index contributed by atoms with van der Waals surface area (Å²) in [5, 5.41) is 31.2. The van der Waals surface area contributed by atoms with Crippen LogP contribution in [0, 0.1) is 6.92 Å². The number of hydrogen-bond donors (Lipinski definition) is 3. The van der Waals surface area contributed by atoms with Gasteiger partial charge in [0.2, 0.25) is 5.75 Å². The first-order chi connectivity index (χ1) is 15.3. The van der Waals surface area contributed by atoms with E-state index in [0.29, 0.717) is 11.3 Å². The Morgan fingerprint density at radius 1 is 1.00 bits per heavy atom. The molecule has 0 aliphatic carbocycles. The maximum atomic E-state index is 12.9. The summed E-state index contributed by atoms with van der Waals surface area (Å²) in [4.78, 5) is 25.1. The van der Waals surface area contributed by atoms with E-state index in [-0.39, 0.29) is 34.5 Å². The standard InChI is InChI=1S/C24H20O8/c1-12-8-9-16(31-12)14(10-18(26)30-2)19-21(27)23(29)22(28)20-15(25)11-17(32-24(19)20)13-6-4-3-5-7-13/h3-9,11,14,27-29H,10H2,1-2H3/t14-/m0/s1. The van der Waals surface area contributed by atoms with Gasteiger partial charge in [-0.2, -0.15) is 0 Å². The summed E-state index contributed by atoms with van der Waals surface area (Å²) in [5.41, 5.74) is -0.300. The molecule has 32 heavy (non-hydrogen) atoms. The summed E-state index contributed by atoms with van der Waals surface area (Å²) in [6.07, 6.45) is -0.282. The Hall–Kier alpha value is -4.20. The zero-order chi connectivity index (χ0) is 23.0. The van der Waals surface area contributed by atoms with Crippen molar-refractivity contribution in [2.45, 2.75) is 19.3 Å². The lowest BCUT2D eigenvalue weighted by molar-refractivity contribution is -0.140. The molecule has 0 amide bonds. The van der Waals surface area contributed by atoms with Crippen molar-refractivity contribution in [1.29, 1.82) is 0 Å². The number of hydrogen-bond acceptors (Lipinski definition) is 8. The Kier molecular flexibility index (Phi) is 5.36. The van der Waals surface area contributed by atoms with Crippen LogP contribution in [0.15, 0.2) is 62.2 Å². The van der Waals surface area contributed by atoms with Crippen molar-refractivity contribution in [2.24, 2.45) is 0 Å².